The van der Waals surface area contributed by atoms with Crippen molar-refractivity contribution in [2.24, 2.45) is 0 Å². The largest absolute Gasteiger partial charge is 0.383 e. The summed E-state index contributed by atoms with van der Waals surface area (Å²) in [5.41, 5.74) is 9.30. The predicted molar refractivity (Wildman–Crippen MR) is 77.0 cm³/mol. The zero-order valence-electron chi connectivity index (χ0n) is 11.5. The number of nitrogens with zero attached hydrogens (tertiary/aromatic N) is 2. The second-order valence-electron chi connectivity index (χ2n) is 5.44. The van der Waals surface area contributed by atoms with Gasteiger partial charge in [0, 0.05) is 11.3 Å². The second-order valence-corrected chi connectivity index (χ2v) is 5.44. The van der Waals surface area contributed by atoms with E-state index in [1.54, 1.807) is 0 Å². The summed E-state index contributed by atoms with van der Waals surface area (Å²) < 4.78 is 0. The molecule has 3 heteroatoms. The number of benzene rings is 1. The van der Waals surface area contributed by atoms with Crippen LogP contribution in [0.15, 0.2) is 30.3 Å². The smallest absolute Gasteiger partial charge is 0.141 e. The molecule has 3 nitrogen and oxygen atoms in total. The van der Waals surface area contributed by atoms with Crippen molar-refractivity contribution in [1.82, 2.24) is 9.97 Å². The highest BCUT2D eigenvalue weighted by Crippen LogP contribution is 2.47. The molecule has 1 saturated carbocycles. The molecule has 1 aromatic heterocycles. The molecule has 0 unspecified atom stereocenters. The summed E-state index contributed by atoms with van der Waals surface area (Å²) in [4.78, 5) is 9.28. The van der Waals surface area contributed by atoms with Gasteiger partial charge in [-0.1, -0.05) is 36.8 Å². The number of rotatable bonds is 2. The number of anilines is 1. The van der Waals surface area contributed by atoms with E-state index in [2.05, 4.69) is 29.2 Å². The molecule has 1 fully saturated rings. The molecule has 19 heavy (non-hydrogen) atoms. The molecular weight excluding hydrogens is 234 g/mol. The Balaban J connectivity index is 2.13. The van der Waals surface area contributed by atoms with E-state index in [0.717, 1.165) is 29.9 Å². The fourth-order valence-corrected chi connectivity index (χ4v) is 2.79. The van der Waals surface area contributed by atoms with Crippen LogP contribution in [-0.4, -0.2) is 9.97 Å². The van der Waals surface area contributed by atoms with Crippen LogP contribution in [0.1, 0.15) is 41.9 Å². The molecular formula is C16H19N3. The van der Waals surface area contributed by atoms with Crippen LogP contribution in [0.2, 0.25) is 0 Å². The molecule has 0 amide bonds. The van der Waals surface area contributed by atoms with Crippen LogP contribution in [0.5, 0.6) is 0 Å². The maximum atomic E-state index is 6.02. The Labute approximate surface area is 113 Å². The van der Waals surface area contributed by atoms with Gasteiger partial charge in [0.05, 0.1) is 5.41 Å². The lowest BCUT2D eigenvalue weighted by Crippen LogP contribution is -2.37. The number of nitrogen functional groups attached to an aromatic ring is 1. The highest BCUT2D eigenvalue weighted by atomic mass is 15.0. The Morgan fingerprint density at radius 2 is 1.74 bits per heavy atom. The molecule has 1 heterocycles. The molecule has 1 aromatic carbocycles. The van der Waals surface area contributed by atoms with Crippen LogP contribution in [0.25, 0.3) is 0 Å². The van der Waals surface area contributed by atoms with Crippen LogP contribution in [0.4, 0.5) is 5.82 Å². The minimum Gasteiger partial charge on any atom is -0.383 e. The SMILES string of the molecule is Cc1nc(C2(c3ccccc3)CCC2)nc(N)c1C. The number of aromatic nitrogens is 2. The average molecular weight is 253 g/mol. The minimum absolute atomic E-state index is 0.0200. The van der Waals surface area contributed by atoms with E-state index in [4.69, 9.17) is 10.7 Å². The fourth-order valence-electron chi connectivity index (χ4n) is 2.79. The third kappa shape index (κ3) is 1.81. The van der Waals surface area contributed by atoms with E-state index in [1.807, 2.05) is 19.9 Å². The van der Waals surface area contributed by atoms with Gasteiger partial charge < -0.3 is 5.73 Å². The van der Waals surface area contributed by atoms with Gasteiger partial charge >= 0.3 is 0 Å². The highest BCUT2D eigenvalue weighted by Gasteiger charge is 2.43. The quantitative estimate of drug-likeness (QED) is 0.894. The lowest BCUT2D eigenvalue weighted by atomic mass is 9.64. The molecule has 3 rings (SSSR count). The zero-order chi connectivity index (χ0) is 13.5. The third-order valence-electron chi connectivity index (χ3n) is 4.39. The summed E-state index contributed by atoms with van der Waals surface area (Å²) in [5.74, 6) is 1.51. The number of hydrogen-bond acceptors (Lipinski definition) is 3. The van der Waals surface area contributed by atoms with Crippen molar-refractivity contribution < 1.29 is 0 Å². The maximum absolute atomic E-state index is 6.02. The summed E-state index contributed by atoms with van der Waals surface area (Å²) >= 11 is 0. The van der Waals surface area contributed by atoms with Gasteiger partial charge in [-0.15, -0.1) is 0 Å². The summed E-state index contributed by atoms with van der Waals surface area (Å²) in [7, 11) is 0. The van der Waals surface area contributed by atoms with Crippen molar-refractivity contribution in [1.29, 1.82) is 0 Å². The van der Waals surface area contributed by atoms with E-state index in [-0.39, 0.29) is 5.41 Å². The molecule has 0 atom stereocenters. The Morgan fingerprint density at radius 3 is 2.26 bits per heavy atom. The van der Waals surface area contributed by atoms with Crippen molar-refractivity contribution >= 4 is 5.82 Å². The number of hydrogen-bond donors (Lipinski definition) is 1. The Bertz CT molecular complexity index is 578. The zero-order valence-corrected chi connectivity index (χ0v) is 11.5. The van der Waals surface area contributed by atoms with Crippen LogP contribution in [0.3, 0.4) is 0 Å². The molecule has 0 bridgehead atoms. The van der Waals surface area contributed by atoms with Crippen LogP contribution < -0.4 is 5.73 Å². The first kappa shape index (κ1) is 12.2. The summed E-state index contributed by atoms with van der Waals surface area (Å²) in [6, 6.07) is 10.6. The Morgan fingerprint density at radius 1 is 1.05 bits per heavy atom. The third-order valence-corrected chi connectivity index (χ3v) is 4.39. The van der Waals surface area contributed by atoms with Gasteiger partial charge in [-0.3, -0.25) is 0 Å². The summed E-state index contributed by atoms with van der Waals surface area (Å²) in [5, 5.41) is 0. The first-order chi connectivity index (χ1) is 9.13. The molecule has 0 radical (unpaired) electrons. The van der Waals surface area contributed by atoms with Crippen molar-refractivity contribution in [3.63, 3.8) is 0 Å². The average Bonchev–Trinajstić information content (AvgIpc) is 2.36. The van der Waals surface area contributed by atoms with E-state index in [9.17, 15) is 0 Å². The molecule has 1 aliphatic carbocycles. The highest BCUT2D eigenvalue weighted by molar-refractivity contribution is 5.44. The normalized spacial score (nSPS) is 16.9. The van der Waals surface area contributed by atoms with Crippen LogP contribution in [-0.2, 0) is 5.41 Å². The minimum atomic E-state index is -0.0200. The lowest BCUT2D eigenvalue weighted by Gasteiger charge is -2.41. The first-order valence-corrected chi connectivity index (χ1v) is 6.80. The van der Waals surface area contributed by atoms with Crippen molar-refractivity contribution in [2.75, 3.05) is 5.73 Å². The molecule has 0 aliphatic heterocycles. The van der Waals surface area contributed by atoms with E-state index >= 15 is 0 Å². The Hall–Kier alpha value is -1.90. The van der Waals surface area contributed by atoms with E-state index in [1.165, 1.54) is 12.0 Å². The van der Waals surface area contributed by atoms with Crippen molar-refractivity contribution in [3.05, 3.63) is 53.0 Å². The number of aryl methyl sites for hydroxylation is 1. The van der Waals surface area contributed by atoms with Crippen LogP contribution in [0, 0.1) is 13.8 Å². The molecule has 98 valence electrons. The molecule has 0 saturated heterocycles. The van der Waals surface area contributed by atoms with E-state index in [0.29, 0.717) is 5.82 Å². The first-order valence-electron chi connectivity index (χ1n) is 6.80. The van der Waals surface area contributed by atoms with Gasteiger partial charge in [-0.2, -0.15) is 0 Å². The van der Waals surface area contributed by atoms with Gasteiger partial charge in [0.15, 0.2) is 0 Å². The van der Waals surface area contributed by atoms with Crippen molar-refractivity contribution in [2.45, 2.75) is 38.5 Å². The van der Waals surface area contributed by atoms with Gasteiger partial charge in [0.2, 0.25) is 0 Å². The fraction of sp³-hybridized carbons (Fsp3) is 0.375. The maximum Gasteiger partial charge on any atom is 0.141 e. The van der Waals surface area contributed by atoms with Gasteiger partial charge in [0.25, 0.3) is 0 Å². The molecule has 2 aromatic rings. The molecule has 2 N–H and O–H groups in total. The standard InChI is InChI=1S/C16H19N3/c1-11-12(2)18-15(19-14(11)17)16(9-6-10-16)13-7-4-3-5-8-13/h3-5,7-8H,6,9-10H2,1-2H3,(H2,17,18,19). The van der Waals surface area contributed by atoms with Gasteiger partial charge in [0.1, 0.15) is 11.6 Å². The Kier molecular flexibility index (Phi) is 2.77. The van der Waals surface area contributed by atoms with Gasteiger partial charge in [-0.25, -0.2) is 9.97 Å². The predicted octanol–water partition coefficient (Wildman–Crippen LogP) is 3.15. The monoisotopic (exact) mass is 253 g/mol. The van der Waals surface area contributed by atoms with E-state index < -0.39 is 0 Å². The molecule has 1 aliphatic rings. The van der Waals surface area contributed by atoms with Crippen LogP contribution >= 0.6 is 0 Å². The summed E-state index contributed by atoms with van der Waals surface area (Å²) in [6.07, 6.45) is 3.45. The van der Waals surface area contributed by atoms with Gasteiger partial charge in [-0.05, 0) is 32.3 Å². The number of nitrogens with two attached hydrogens (primary N) is 1. The molecule has 0 spiro atoms. The topological polar surface area (TPSA) is 51.8 Å². The lowest BCUT2D eigenvalue weighted by molar-refractivity contribution is 0.285. The summed E-state index contributed by atoms with van der Waals surface area (Å²) in [6.45, 7) is 3.98. The van der Waals surface area contributed by atoms with Crippen molar-refractivity contribution in [3.8, 4) is 0 Å². The second kappa shape index (κ2) is 4.34.